The average Bonchev–Trinajstić information content (AvgIpc) is 2.07. The molecule has 1 aliphatic carbocycles. The molecule has 0 atom stereocenters. The Hall–Kier alpha value is -1.10. The number of carbonyl (C=O) groups excluding carboxylic acids is 1. The van der Waals surface area contributed by atoms with Crippen LogP contribution in [0.1, 0.15) is 25.7 Å². The number of hydrogen-bond donors (Lipinski definition) is 2. The summed E-state index contributed by atoms with van der Waals surface area (Å²) in [6.45, 7) is 0.842. The number of amides is 1. The largest absolute Gasteiger partial charge is 0.481 e. The van der Waals surface area contributed by atoms with Gasteiger partial charge in [0, 0.05) is 6.54 Å². The molecule has 5 nitrogen and oxygen atoms in total. The van der Waals surface area contributed by atoms with E-state index in [0.29, 0.717) is 13.1 Å². The first kappa shape index (κ1) is 13.0. The summed E-state index contributed by atoms with van der Waals surface area (Å²) < 4.78 is 0. The van der Waals surface area contributed by atoms with Gasteiger partial charge in [-0.15, -0.1) is 0 Å². The maximum absolute atomic E-state index is 11.4. The monoisotopic (exact) mass is 228 g/mol. The Balaban J connectivity index is 2.34. The van der Waals surface area contributed by atoms with Gasteiger partial charge in [-0.2, -0.15) is 0 Å². The number of hydrogen-bond acceptors (Lipinski definition) is 3. The second-order valence-electron chi connectivity index (χ2n) is 4.94. The zero-order valence-corrected chi connectivity index (χ0v) is 9.95. The van der Waals surface area contributed by atoms with E-state index in [1.165, 1.54) is 0 Å². The number of carboxylic acid groups (broad SMARTS) is 1. The van der Waals surface area contributed by atoms with Gasteiger partial charge in [-0.3, -0.25) is 9.59 Å². The topological polar surface area (TPSA) is 69.6 Å². The fourth-order valence-corrected chi connectivity index (χ4v) is 2.04. The summed E-state index contributed by atoms with van der Waals surface area (Å²) in [4.78, 5) is 23.9. The van der Waals surface area contributed by atoms with Gasteiger partial charge in [-0.05, 0) is 32.4 Å². The highest BCUT2D eigenvalue weighted by molar-refractivity contribution is 5.78. The molecule has 1 saturated carbocycles. The molecule has 92 valence electrons. The summed E-state index contributed by atoms with van der Waals surface area (Å²) in [5.41, 5.74) is -0.187. The molecule has 1 amide bonds. The van der Waals surface area contributed by atoms with Crippen molar-refractivity contribution in [3.63, 3.8) is 0 Å². The Labute approximate surface area is 95.8 Å². The number of nitrogens with one attached hydrogen (secondary N) is 1. The first-order chi connectivity index (χ1) is 7.43. The first-order valence-corrected chi connectivity index (χ1v) is 5.57. The molecule has 0 aromatic rings. The van der Waals surface area contributed by atoms with Crippen molar-refractivity contribution in [3.05, 3.63) is 0 Å². The van der Waals surface area contributed by atoms with Crippen molar-refractivity contribution in [2.75, 3.05) is 27.2 Å². The first-order valence-electron chi connectivity index (χ1n) is 5.57. The van der Waals surface area contributed by atoms with Crippen LogP contribution in [0.3, 0.4) is 0 Å². The molecule has 0 spiro atoms. The van der Waals surface area contributed by atoms with Crippen LogP contribution in [0, 0.1) is 5.41 Å². The summed E-state index contributed by atoms with van der Waals surface area (Å²) >= 11 is 0. The van der Waals surface area contributed by atoms with Crippen molar-refractivity contribution >= 4 is 11.9 Å². The summed E-state index contributed by atoms with van der Waals surface area (Å²) in [6, 6.07) is 0. The van der Waals surface area contributed by atoms with E-state index in [2.05, 4.69) is 5.32 Å². The molecule has 0 saturated heterocycles. The highest BCUT2D eigenvalue weighted by atomic mass is 16.4. The van der Waals surface area contributed by atoms with Crippen molar-refractivity contribution in [1.29, 1.82) is 0 Å². The Bertz CT molecular complexity index is 272. The van der Waals surface area contributed by atoms with Gasteiger partial charge in [0.05, 0.1) is 13.0 Å². The molecule has 1 fully saturated rings. The zero-order chi connectivity index (χ0) is 12.2. The summed E-state index contributed by atoms with van der Waals surface area (Å²) in [5, 5.41) is 11.6. The molecule has 1 rings (SSSR count). The fraction of sp³-hybridized carbons (Fsp3) is 0.818. The SMILES string of the molecule is CN(C)CC(=O)NCC1(CC(=O)O)CCC1. The van der Waals surface area contributed by atoms with Crippen LogP contribution in [0.25, 0.3) is 0 Å². The minimum absolute atomic E-state index is 0.0401. The van der Waals surface area contributed by atoms with E-state index in [4.69, 9.17) is 5.11 Å². The normalized spacial score (nSPS) is 17.9. The van der Waals surface area contributed by atoms with Gasteiger partial charge in [-0.25, -0.2) is 0 Å². The van der Waals surface area contributed by atoms with Crippen LogP contribution in [-0.2, 0) is 9.59 Å². The minimum Gasteiger partial charge on any atom is -0.481 e. The van der Waals surface area contributed by atoms with Crippen LogP contribution in [0.5, 0.6) is 0 Å². The number of carbonyl (C=O) groups is 2. The van der Waals surface area contributed by atoms with Crippen molar-refractivity contribution in [1.82, 2.24) is 10.2 Å². The Kier molecular flexibility index (Phi) is 4.29. The van der Waals surface area contributed by atoms with Gasteiger partial charge in [0.2, 0.25) is 5.91 Å². The number of nitrogens with zero attached hydrogens (tertiary/aromatic N) is 1. The third-order valence-electron chi connectivity index (χ3n) is 3.06. The van der Waals surface area contributed by atoms with Crippen LogP contribution in [0.4, 0.5) is 0 Å². The molecule has 0 unspecified atom stereocenters. The second-order valence-corrected chi connectivity index (χ2v) is 4.94. The standard InChI is InChI=1S/C11H20N2O3/c1-13(2)7-9(14)12-8-11(4-3-5-11)6-10(15)16/h3-8H2,1-2H3,(H,12,14)(H,15,16). The quantitative estimate of drug-likeness (QED) is 0.686. The van der Waals surface area contributed by atoms with E-state index in [1.54, 1.807) is 4.90 Å². The second kappa shape index (κ2) is 5.30. The summed E-state index contributed by atoms with van der Waals surface area (Å²) in [5.74, 6) is -0.816. The van der Waals surface area contributed by atoms with E-state index in [1.807, 2.05) is 14.1 Å². The average molecular weight is 228 g/mol. The Morgan fingerprint density at radius 3 is 2.38 bits per heavy atom. The van der Waals surface area contributed by atoms with Crippen molar-refractivity contribution in [3.8, 4) is 0 Å². The molecule has 0 heterocycles. The fourth-order valence-electron chi connectivity index (χ4n) is 2.04. The van der Waals surface area contributed by atoms with Crippen LogP contribution >= 0.6 is 0 Å². The summed E-state index contributed by atoms with van der Waals surface area (Å²) in [6.07, 6.45) is 3.04. The van der Waals surface area contributed by atoms with Crippen molar-refractivity contribution < 1.29 is 14.7 Å². The van der Waals surface area contributed by atoms with Gasteiger partial charge >= 0.3 is 5.97 Å². The van der Waals surface area contributed by atoms with Gasteiger partial charge < -0.3 is 15.3 Å². The zero-order valence-electron chi connectivity index (χ0n) is 9.95. The van der Waals surface area contributed by atoms with E-state index >= 15 is 0 Å². The molecule has 16 heavy (non-hydrogen) atoms. The lowest BCUT2D eigenvalue weighted by Gasteiger charge is -2.40. The maximum atomic E-state index is 11.4. The van der Waals surface area contributed by atoms with Crippen LogP contribution in [-0.4, -0.2) is 49.1 Å². The molecular weight excluding hydrogens is 208 g/mol. The van der Waals surface area contributed by atoms with Crippen LogP contribution in [0.2, 0.25) is 0 Å². The smallest absolute Gasteiger partial charge is 0.303 e. The third-order valence-corrected chi connectivity index (χ3v) is 3.06. The molecule has 0 aromatic carbocycles. The number of aliphatic carboxylic acids is 1. The van der Waals surface area contributed by atoms with Gasteiger partial charge in [0.1, 0.15) is 0 Å². The lowest BCUT2D eigenvalue weighted by Crippen LogP contribution is -2.45. The maximum Gasteiger partial charge on any atom is 0.303 e. The van der Waals surface area contributed by atoms with Gasteiger partial charge in [0.25, 0.3) is 0 Å². The van der Waals surface area contributed by atoms with Crippen molar-refractivity contribution in [2.45, 2.75) is 25.7 Å². The molecule has 2 N–H and O–H groups in total. The molecular formula is C11H20N2O3. The molecule has 0 aromatic heterocycles. The predicted octanol–water partition coefficient (Wildman–Crippen LogP) is 0.309. The molecule has 1 aliphatic rings. The molecule has 5 heteroatoms. The molecule has 0 aliphatic heterocycles. The van der Waals surface area contributed by atoms with Crippen molar-refractivity contribution in [2.24, 2.45) is 5.41 Å². The Morgan fingerprint density at radius 2 is 2.00 bits per heavy atom. The molecule has 0 bridgehead atoms. The van der Waals surface area contributed by atoms with E-state index in [0.717, 1.165) is 19.3 Å². The number of likely N-dealkylation sites (N-methyl/N-ethyl adjacent to an activating group) is 1. The predicted molar refractivity (Wildman–Crippen MR) is 60.1 cm³/mol. The lowest BCUT2D eigenvalue weighted by molar-refractivity contribution is -0.141. The van der Waals surface area contributed by atoms with E-state index in [-0.39, 0.29) is 17.7 Å². The van der Waals surface area contributed by atoms with Crippen LogP contribution in [0.15, 0.2) is 0 Å². The Morgan fingerprint density at radius 1 is 1.38 bits per heavy atom. The number of rotatable bonds is 6. The minimum atomic E-state index is -0.776. The van der Waals surface area contributed by atoms with E-state index in [9.17, 15) is 9.59 Å². The lowest BCUT2D eigenvalue weighted by atomic mass is 9.66. The highest BCUT2D eigenvalue weighted by Crippen LogP contribution is 2.43. The van der Waals surface area contributed by atoms with E-state index < -0.39 is 5.97 Å². The molecule has 0 radical (unpaired) electrons. The van der Waals surface area contributed by atoms with Gasteiger partial charge in [0.15, 0.2) is 0 Å². The highest BCUT2D eigenvalue weighted by Gasteiger charge is 2.39. The third kappa shape index (κ3) is 3.81. The summed E-state index contributed by atoms with van der Waals surface area (Å²) in [7, 11) is 3.66. The van der Waals surface area contributed by atoms with Crippen LogP contribution < -0.4 is 5.32 Å². The van der Waals surface area contributed by atoms with Gasteiger partial charge in [-0.1, -0.05) is 6.42 Å². The number of carboxylic acids is 1.